The number of ether oxygens (including phenoxy) is 1. The standard InChI is InChI=1S/C23H26N4O4/c1-5-16(3)24-21(28)20-22(29)26(14-17-7-6-8-19(13-17)31-4)23(30)27(25-20)18-11-9-15(2)10-12-18/h6-13,16H,5,14H2,1-4H3,(H,24,28)/t16-/m0/s1. The number of benzene rings is 2. The number of rotatable bonds is 7. The maximum atomic E-state index is 13.2. The van der Waals surface area contributed by atoms with E-state index in [1.165, 1.54) is 0 Å². The number of nitrogens with one attached hydrogen (secondary N) is 1. The van der Waals surface area contributed by atoms with E-state index in [9.17, 15) is 14.4 Å². The van der Waals surface area contributed by atoms with E-state index < -0.39 is 17.2 Å². The Morgan fingerprint density at radius 1 is 1.16 bits per heavy atom. The molecule has 0 saturated carbocycles. The summed E-state index contributed by atoms with van der Waals surface area (Å²) in [6.45, 7) is 5.66. The molecule has 0 radical (unpaired) electrons. The highest BCUT2D eigenvalue weighted by molar-refractivity contribution is 5.91. The lowest BCUT2D eigenvalue weighted by Crippen LogP contribution is -2.47. The van der Waals surface area contributed by atoms with Gasteiger partial charge in [-0.1, -0.05) is 36.8 Å². The second-order valence-corrected chi connectivity index (χ2v) is 7.40. The molecule has 3 aromatic rings. The fraction of sp³-hybridized carbons (Fsp3) is 0.304. The van der Waals surface area contributed by atoms with Crippen molar-refractivity contribution in [1.29, 1.82) is 0 Å². The molecule has 0 spiro atoms. The summed E-state index contributed by atoms with van der Waals surface area (Å²) in [4.78, 5) is 39.0. The molecule has 0 aliphatic carbocycles. The lowest BCUT2D eigenvalue weighted by molar-refractivity contribution is 0.0929. The number of aryl methyl sites for hydroxylation is 1. The number of amides is 1. The average molecular weight is 422 g/mol. The van der Waals surface area contributed by atoms with Crippen molar-refractivity contribution in [2.24, 2.45) is 0 Å². The van der Waals surface area contributed by atoms with Gasteiger partial charge < -0.3 is 10.1 Å². The van der Waals surface area contributed by atoms with Crippen molar-refractivity contribution in [1.82, 2.24) is 19.7 Å². The lowest BCUT2D eigenvalue weighted by Gasteiger charge is -2.14. The highest BCUT2D eigenvalue weighted by atomic mass is 16.5. The SMILES string of the molecule is CC[C@H](C)NC(=O)c1nn(-c2ccc(C)cc2)c(=O)n(Cc2cccc(OC)c2)c1=O. The van der Waals surface area contributed by atoms with E-state index in [1.54, 1.807) is 43.5 Å². The molecule has 2 aromatic carbocycles. The van der Waals surface area contributed by atoms with Crippen LogP contribution in [0.3, 0.4) is 0 Å². The molecule has 8 heteroatoms. The minimum atomic E-state index is -0.739. The van der Waals surface area contributed by atoms with Crippen LogP contribution in [0.15, 0.2) is 58.1 Å². The van der Waals surface area contributed by atoms with Gasteiger partial charge in [0.25, 0.3) is 11.5 Å². The summed E-state index contributed by atoms with van der Waals surface area (Å²) in [6, 6.07) is 14.0. The largest absolute Gasteiger partial charge is 0.497 e. The highest BCUT2D eigenvalue weighted by Gasteiger charge is 2.21. The first-order valence-corrected chi connectivity index (χ1v) is 10.1. The summed E-state index contributed by atoms with van der Waals surface area (Å²) in [5, 5.41) is 6.88. The van der Waals surface area contributed by atoms with Crippen molar-refractivity contribution in [3.63, 3.8) is 0 Å². The zero-order valence-corrected chi connectivity index (χ0v) is 18.1. The second kappa shape index (κ2) is 9.42. The Morgan fingerprint density at radius 2 is 1.87 bits per heavy atom. The average Bonchev–Trinajstić information content (AvgIpc) is 2.77. The molecule has 1 aromatic heterocycles. The molecule has 162 valence electrons. The molecule has 0 unspecified atom stereocenters. The number of carbonyl (C=O) groups excluding carboxylic acids is 1. The van der Waals surface area contributed by atoms with E-state index in [0.717, 1.165) is 14.8 Å². The molecule has 0 fully saturated rings. The van der Waals surface area contributed by atoms with Crippen LogP contribution in [0.25, 0.3) is 5.69 Å². The van der Waals surface area contributed by atoms with Crippen LogP contribution in [-0.2, 0) is 6.54 Å². The van der Waals surface area contributed by atoms with Crippen LogP contribution in [-0.4, -0.2) is 33.4 Å². The Bertz CT molecular complexity index is 1200. The molecular formula is C23H26N4O4. The molecule has 0 bridgehead atoms. The molecule has 1 amide bonds. The first-order chi connectivity index (χ1) is 14.8. The van der Waals surface area contributed by atoms with Crippen LogP contribution < -0.4 is 21.3 Å². The summed E-state index contributed by atoms with van der Waals surface area (Å²) >= 11 is 0. The maximum Gasteiger partial charge on any atom is 0.352 e. The zero-order chi connectivity index (χ0) is 22.5. The van der Waals surface area contributed by atoms with Gasteiger partial charge >= 0.3 is 5.69 Å². The van der Waals surface area contributed by atoms with Gasteiger partial charge in [0.05, 0.1) is 19.3 Å². The van der Waals surface area contributed by atoms with E-state index in [-0.39, 0.29) is 18.3 Å². The van der Waals surface area contributed by atoms with E-state index in [1.807, 2.05) is 32.9 Å². The van der Waals surface area contributed by atoms with Crippen LogP contribution in [0.5, 0.6) is 5.75 Å². The van der Waals surface area contributed by atoms with Gasteiger partial charge in [-0.05, 0) is 50.1 Å². The Hall–Kier alpha value is -3.68. The molecule has 1 atom stereocenters. The summed E-state index contributed by atoms with van der Waals surface area (Å²) in [7, 11) is 1.54. The van der Waals surface area contributed by atoms with E-state index in [4.69, 9.17) is 4.74 Å². The fourth-order valence-electron chi connectivity index (χ4n) is 3.00. The summed E-state index contributed by atoms with van der Waals surface area (Å²) in [6.07, 6.45) is 0.696. The van der Waals surface area contributed by atoms with Crippen molar-refractivity contribution in [2.75, 3.05) is 7.11 Å². The van der Waals surface area contributed by atoms with Gasteiger partial charge in [0.2, 0.25) is 5.69 Å². The normalized spacial score (nSPS) is 11.7. The molecule has 8 nitrogen and oxygen atoms in total. The minimum absolute atomic E-state index is 0.0210. The third-order valence-corrected chi connectivity index (χ3v) is 5.02. The third kappa shape index (κ3) is 4.91. The van der Waals surface area contributed by atoms with Crippen LogP contribution in [0.2, 0.25) is 0 Å². The first kappa shape index (κ1) is 22.0. The third-order valence-electron chi connectivity index (χ3n) is 5.02. The minimum Gasteiger partial charge on any atom is -0.497 e. The van der Waals surface area contributed by atoms with Crippen molar-refractivity contribution in [3.8, 4) is 11.4 Å². The molecule has 31 heavy (non-hydrogen) atoms. The number of aromatic nitrogens is 3. The molecule has 1 N–H and O–H groups in total. The van der Waals surface area contributed by atoms with Crippen molar-refractivity contribution in [2.45, 2.75) is 39.8 Å². The fourth-order valence-corrected chi connectivity index (χ4v) is 3.00. The predicted octanol–water partition coefficient (Wildman–Crippen LogP) is 2.29. The predicted molar refractivity (Wildman–Crippen MR) is 118 cm³/mol. The smallest absolute Gasteiger partial charge is 0.352 e. The maximum absolute atomic E-state index is 13.2. The highest BCUT2D eigenvalue weighted by Crippen LogP contribution is 2.13. The molecule has 1 heterocycles. The van der Waals surface area contributed by atoms with Crippen molar-refractivity contribution in [3.05, 3.63) is 86.2 Å². The van der Waals surface area contributed by atoms with E-state index >= 15 is 0 Å². The van der Waals surface area contributed by atoms with Gasteiger partial charge in [-0.3, -0.25) is 14.2 Å². The molecule has 3 rings (SSSR count). The summed E-state index contributed by atoms with van der Waals surface area (Å²) in [5.41, 5.74) is 0.467. The second-order valence-electron chi connectivity index (χ2n) is 7.40. The van der Waals surface area contributed by atoms with Crippen LogP contribution in [0, 0.1) is 6.92 Å². The number of nitrogens with zero attached hydrogens (tertiary/aromatic N) is 3. The number of hydrogen-bond acceptors (Lipinski definition) is 5. The van der Waals surface area contributed by atoms with Gasteiger partial charge in [-0.2, -0.15) is 9.78 Å². The number of methoxy groups -OCH3 is 1. The van der Waals surface area contributed by atoms with Crippen LogP contribution >= 0.6 is 0 Å². The molecule has 0 aliphatic rings. The van der Waals surface area contributed by atoms with Crippen LogP contribution in [0.1, 0.15) is 41.9 Å². The van der Waals surface area contributed by atoms with Gasteiger partial charge in [-0.25, -0.2) is 4.79 Å². The van der Waals surface area contributed by atoms with Gasteiger partial charge in [-0.15, -0.1) is 0 Å². The lowest BCUT2D eigenvalue weighted by atomic mass is 10.2. The monoisotopic (exact) mass is 422 g/mol. The van der Waals surface area contributed by atoms with E-state index in [0.29, 0.717) is 23.4 Å². The number of carbonyl (C=O) groups is 1. The summed E-state index contributed by atoms with van der Waals surface area (Å²) in [5.74, 6) is -0.00666. The molecule has 0 aliphatic heterocycles. The topological polar surface area (TPSA) is 95.2 Å². The van der Waals surface area contributed by atoms with E-state index in [2.05, 4.69) is 10.4 Å². The molecule has 0 saturated heterocycles. The quantitative estimate of drug-likeness (QED) is 0.630. The van der Waals surface area contributed by atoms with Crippen molar-refractivity contribution >= 4 is 5.91 Å². The zero-order valence-electron chi connectivity index (χ0n) is 18.1. The van der Waals surface area contributed by atoms with Gasteiger partial charge in [0.1, 0.15) is 5.75 Å². The van der Waals surface area contributed by atoms with Gasteiger partial charge in [0.15, 0.2) is 0 Å². The Kier molecular flexibility index (Phi) is 6.69. The van der Waals surface area contributed by atoms with Gasteiger partial charge in [0, 0.05) is 6.04 Å². The van der Waals surface area contributed by atoms with Crippen molar-refractivity contribution < 1.29 is 9.53 Å². The number of hydrogen-bond donors (Lipinski definition) is 1. The Balaban J connectivity index is 2.17. The summed E-state index contributed by atoms with van der Waals surface area (Å²) < 4.78 is 7.34. The van der Waals surface area contributed by atoms with Crippen LogP contribution in [0.4, 0.5) is 0 Å². The Labute approximate surface area is 180 Å². The molecular weight excluding hydrogens is 396 g/mol. The Morgan fingerprint density at radius 3 is 2.52 bits per heavy atom. The first-order valence-electron chi connectivity index (χ1n) is 10.1.